The number of nitrogens with one attached hydrogen (secondary N) is 3. The van der Waals surface area contributed by atoms with Crippen LogP contribution in [0.3, 0.4) is 0 Å². The van der Waals surface area contributed by atoms with Crippen molar-refractivity contribution in [2.45, 2.75) is 19.9 Å². The first-order chi connectivity index (χ1) is 12.7. The molecule has 8 heteroatoms. The number of nitrogens with zero attached hydrogens (tertiary/aromatic N) is 4. The van der Waals surface area contributed by atoms with E-state index in [-0.39, 0.29) is 5.91 Å². The molecule has 0 radical (unpaired) electrons. The van der Waals surface area contributed by atoms with Crippen molar-refractivity contribution in [3.8, 4) is 0 Å². The Morgan fingerprint density at radius 2 is 2.08 bits per heavy atom. The summed E-state index contributed by atoms with van der Waals surface area (Å²) in [5, 5.41) is 14.3. The van der Waals surface area contributed by atoms with E-state index in [1.54, 1.807) is 0 Å². The lowest BCUT2D eigenvalue weighted by atomic mass is 10.1. The maximum absolute atomic E-state index is 11.0. The second-order valence-electron chi connectivity index (χ2n) is 6.33. The van der Waals surface area contributed by atoms with Crippen molar-refractivity contribution < 1.29 is 4.79 Å². The summed E-state index contributed by atoms with van der Waals surface area (Å²) in [6, 6.07) is 10.4. The van der Waals surface area contributed by atoms with E-state index in [0.29, 0.717) is 19.0 Å². The summed E-state index contributed by atoms with van der Waals surface area (Å²) in [7, 11) is 0. The van der Waals surface area contributed by atoms with Crippen molar-refractivity contribution in [2.75, 3.05) is 29.9 Å². The van der Waals surface area contributed by atoms with Crippen LogP contribution in [0.4, 0.5) is 11.8 Å². The van der Waals surface area contributed by atoms with Crippen molar-refractivity contribution >= 4 is 28.7 Å². The summed E-state index contributed by atoms with van der Waals surface area (Å²) in [5.41, 5.74) is 3.00. The van der Waals surface area contributed by atoms with Crippen LogP contribution in [0.5, 0.6) is 0 Å². The largest absolute Gasteiger partial charge is 0.355 e. The minimum absolute atomic E-state index is 0.0505. The molecule has 1 aromatic carbocycles. The normalized spacial score (nSPS) is 13.0. The molecule has 0 unspecified atom stereocenters. The summed E-state index contributed by atoms with van der Waals surface area (Å²) in [6.45, 7) is 4.24. The molecular formula is C18H21N7O. The summed E-state index contributed by atoms with van der Waals surface area (Å²) in [5.74, 6) is 1.38. The lowest BCUT2D eigenvalue weighted by molar-refractivity contribution is -0.118. The van der Waals surface area contributed by atoms with E-state index in [1.165, 1.54) is 12.5 Å². The van der Waals surface area contributed by atoms with Crippen molar-refractivity contribution in [1.82, 2.24) is 25.5 Å². The van der Waals surface area contributed by atoms with Gasteiger partial charge in [0, 0.05) is 39.5 Å². The third-order valence-electron chi connectivity index (χ3n) is 4.39. The molecule has 134 valence electrons. The monoisotopic (exact) mass is 351 g/mol. The van der Waals surface area contributed by atoms with E-state index in [2.05, 4.69) is 42.8 Å². The topological polar surface area (TPSA) is 98.8 Å². The van der Waals surface area contributed by atoms with Crippen LogP contribution in [0.25, 0.3) is 11.0 Å². The Balaban J connectivity index is 1.59. The molecule has 26 heavy (non-hydrogen) atoms. The number of anilines is 2. The van der Waals surface area contributed by atoms with Gasteiger partial charge in [0.15, 0.2) is 5.65 Å². The lowest BCUT2D eigenvalue weighted by Gasteiger charge is -2.28. The highest BCUT2D eigenvalue weighted by Gasteiger charge is 2.24. The van der Waals surface area contributed by atoms with Crippen LogP contribution >= 0.6 is 0 Å². The summed E-state index contributed by atoms with van der Waals surface area (Å²) in [4.78, 5) is 22.5. The van der Waals surface area contributed by atoms with Crippen LogP contribution in [-0.4, -0.2) is 45.7 Å². The van der Waals surface area contributed by atoms with Crippen LogP contribution < -0.4 is 15.5 Å². The molecule has 0 aliphatic carbocycles. The number of aromatic amines is 1. The Bertz CT molecular complexity index is 922. The van der Waals surface area contributed by atoms with Gasteiger partial charge in [-0.15, -0.1) is 0 Å². The highest BCUT2D eigenvalue weighted by atomic mass is 16.1. The highest BCUT2D eigenvalue weighted by Crippen LogP contribution is 2.32. The van der Waals surface area contributed by atoms with Gasteiger partial charge in [-0.25, -0.2) is 0 Å². The molecule has 3 aromatic rings. The van der Waals surface area contributed by atoms with Crippen molar-refractivity contribution in [2.24, 2.45) is 0 Å². The maximum Gasteiger partial charge on any atom is 0.226 e. The Kier molecular flexibility index (Phi) is 4.39. The van der Waals surface area contributed by atoms with Gasteiger partial charge in [-0.05, 0) is 5.56 Å². The average molecular weight is 351 g/mol. The number of carbonyl (C=O) groups is 1. The molecule has 8 nitrogen and oxygen atoms in total. The van der Waals surface area contributed by atoms with Gasteiger partial charge in [-0.1, -0.05) is 30.3 Å². The molecule has 1 aliphatic heterocycles. The fourth-order valence-electron chi connectivity index (χ4n) is 3.18. The van der Waals surface area contributed by atoms with E-state index in [9.17, 15) is 4.79 Å². The molecule has 0 saturated carbocycles. The molecule has 0 spiro atoms. The molecule has 2 aromatic heterocycles. The first kappa shape index (κ1) is 16.3. The standard InChI is InChI=1S/C18H21N7O/c1-12(26)19-8-9-20-18-21-16-15-14(23-24-16)7-10-25(17(15)22-18)11-13-5-3-2-4-6-13/h2-6H,7-11H2,1H3,(H,19,26)(H2,20,21,22,23,24). The van der Waals surface area contributed by atoms with E-state index >= 15 is 0 Å². The van der Waals surface area contributed by atoms with Gasteiger partial charge in [0.25, 0.3) is 0 Å². The molecule has 1 aliphatic rings. The second kappa shape index (κ2) is 6.99. The van der Waals surface area contributed by atoms with Crippen molar-refractivity contribution in [3.63, 3.8) is 0 Å². The zero-order valence-corrected chi connectivity index (χ0v) is 14.6. The predicted octanol–water partition coefficient (Wildman–Crippen LogP) is 1.46. The van der Waals surface area contributed by atoms with E-state index in [1.807, 2.05) is 18.2 Å². The van der Waals surface area contributed by atoms with Crippen LogP contribution in [-0.2, 0) is 17.8 Å². The quantitative estimate of drug-likeness (QED) is 0.582. The second-order valence-corrected chi connectivity index (χ2v) is 6.33. The van der Waals surface area contributed by atoms with E-state index in [0.717, 1.165) is 42.1 Å². The highest BCUT2D eigenvalue weighted by molar-refractivity contribution is 5.91. The number of amides is 1. The predicted molar refractivity (Wildman–Crippen MR) is 100 cm³/mol. The number of rotatable bonds is 6. The van der Waals surface area contributed by atoms with E-state index in [4.69, 9.17) is 4.98 Å². The Morgan fingerprint density at radius 3 is 2.88 bits per heavy atom. The lowest BCUT2D eigenvalue weighted by Crippen LogP contribution is -2.30. The SMILES string of the molecule is CC(=O)NCCNc1nc2c3c(n[nH]c3n1)CCN2Cc1ccccc1. The molecule has 0 saturated heterocycles. The molecule has 3 heterocycles. The molecular weight excluding hydrogens is 330 g/mol. The van der Waals surface area contributed by atoms with Gasteiger partial charge in [-0.2, -0.15) is 15.1 Å². The van der Waals surface area contributed by atoms with Crippen LogP contribution in [0.1, 0.15) is 18.2 Å². The zero-order chi connectivity index (χ0) is 17.9. The smallest absolute Gasteiger partial charge is 0.226 e. The Morgan fingerprint density at radius 1 is 1.23 bits per heavy atom. The molecule has 3 N–H and O–H groups in total. The van der Waals surface area contributed by atoms with Gasteiger partial charge in [0.05, 0.1) is 11.1 Å². The first-order valence-corrected chi connectivity index (χ1v) is 8.73. The molecule has 0 fully saturated rings. The van der Waals surface area contributed by atoms with Crippen LogP contribution in [0, 0.1) is 0 Å². The maximum atomic E-state index is 11.0. The van der Waals surface area contributed by atoms with Gasteiger partial charge in [0.2, 0.25) is 11.9 Å². The Labute approximate surface area is 151 Å². The minimum Gasteiger partial charge on any atom is -0.355 e. The molecule has 0 atom stereocenters. The van der Waals surface area contributed by atoms with Crippen molar-refractivity contribution in [3.05, 3.63) is 41.6 Å². The number of hydrogen-bond donors (Lipinski definition) is 3. The fraction of sp³-hybridized carbons (Fsp3) is 0.333. The number of hydrogen-bond acceptors (Lipinski definition) is 6. The zero-order valence-electron chi connectivity index (χ0n) is 14.6. The summed E-state index contributed by atoms with van der Waals surface area (Å²) in [6.07, 6.45) is 0.874. The number of benzene rings is 1. The number of aromatic nitrogens is 4. The van der Waals surface area contributed by atoms with Gasteiger partial charge in [0.1, 0.15) is 5.82 Å². The van der Waals surface area contributed by atoms with Crippen molar-refractivity contribution in [1.29, 1.82) is 0 Å². The number of H-pyrrole nitrogens is 1. The molecule has 1 amide bonds. The number of carbonyl (C=O) groups excluding carboxylic acids is 1. The molecule has 4 rings (SSSR count). The minimum atomic E-state index is -0.0505. The van der Waals surface area contributed by atoms with Gasteiger partial charge >= 0.3 is 0 Å². The van der Waals surface area contributed by atoms with E-state index < -0.39 is 0 Å². The third kappa shape index (κ3) is 3.30. The summed E-state index contributed by atoms with van der Waals surface area (Å²) >= 11 is 0. The fourth-order valence-corrected chi connectivity index (χ4v) is 3.18. The molecule has 0 bridgehead atoms. The Hall–Kier alpha value is -3.16. The van der Waals surface area contributed by atoms with Crippen LogP contribution in [0.2, 0.25) is 0 Å². The third-order valence-corrected chi connectivity index (χ3v) is 4.39. The van der Waals surface area contributed by atoms with Crippen LogP contribution in [0.15, 0.2) is 30.3 Å². The van der Waals surface area contributed by atoms with Gasteiger partial charge < -0.3 is 15.5 Å². The first-order valence-electron chi connectivity index (χ1n) is 8.73. The van der Waals surface area contributed by atoms with Gasteiger partial charge in [-0.3, -0.25) is 9.89 Å². The summed E-state index contributed by atoms with van der Waals surface area (Å²) < 4.78 is 0. The average Bonchev–Trinajstić information content (AvgIpc) is 3.06.